The molecule has 1 rings (SSSR count). The lowest BCUT2D eigenvalue weighted by Gasteiger charge is -2.33. The van der Waals surface area contributed by atoms with E-state index in [0.717, 1.165) is 0 Å². The summed E-state index contributed by atoms with van der Waals surface area (Å²) in [6.45, 7) is 8.34. The molecule has 0 aliphatic carbocycles. The van der Waals surface area contributed by atoms with Crippen LogP contribution in [0.5, 0.6) is 0 Å². The molecule has 1 aliphatic heterocycles. The fourth-order valence-electron chi connectivity index (χ4n) is 1.53. The molecule has 1 saturated heterocycles. The second-order valence-corrected chi connectivity index (χ2v) is 4.46. The molecule has 0 bridgehead atoms. The molecule has 16 heavy (non-hydrogen) atoms. The van der Waals surface area contributed by atoms with Crippen LogP contribution in [0.15, 0.2) is 0 Å². The van der Waals surface area contributed by atoms with Crippen LogP contribution in [0.25, 0.3) is 0 Å². The van der Waals surface area contributed by atoms with E-state index in [0.29, 0.717) is 38.7 Å². The molecule has 92 valence electrons. The number of piperazine rings is 1. The van der Waals surface area contributed by atoms with Gasteiger partial charge in [0.1, 0.15) is 0 Å². The van der Waals surface area contributed by atoms with Crippen molar-refractivity contribution in [1.29, 1.82) is 0 Å². The maximum Gasteiger partial charge on any atom is 0.409 e. The summed E-state index contributed by atoms with van der Waals surface area (Å²) in [5, 5.41) is 0. The van der Waals surface area contributed by atoms with Gasteiger partial charge < -0.3 is 14.5 Å². The Hall–Kier alpha value is -1.26. The number of rotatable bonds is 2. The summed E-state index contributed by atoms with van der Waals surface area (Å²) in [6, 6.07) is 0. The molecule has 0 aromatic heterocycles. The molecule has 5 nitrogen and oxygen atoms in total. The van der Waals surface area contributed by atoms with E-state index in [4.69, 9.17) is 4.74 Å². The van der Waals surface area contributed by atoms with Crippen LogP contribution in [0.2, 0.25) is 0 Å². The van der Waals surface area contributed by atoms with E-state index in [1.54, 1.807) is 16.7 Å². The molecule has 1 aliphatic rings. The molecule has 0 aromatic rings. The van der Waals surface area contributed by atoms with Crippen LogP contribution in [0.4, 0.5) is 4.79 Å². The van der Waals surface area contributed by atoms with Crippen molar-refractivity contribution in [2.24, 2.45) is 5.92 Å². The van der Waals surface area contributed by atoms with E-state index < -0.39 is 0 Å². The summed E-state index contributed by atoms with van der Waals surface area (Å²) in [5.41, 5.74) is 0. The van der Waals surface area contributed by atoms with Gasteiger partial charge in [-0.25, -0.2) is 4.79 Å². The molecular formula is C11H20N2O3. The third kappa shape index (κ3) is 3.72. The third-order valence-electron chi connectivity index (χ3n) is 2.52. The Morgan fingerprint density at radius 3 is 2.06 bits per heavy atom. The van der Waals surface area contributed by atoms with Crippen LogP contribution in [0.3, 0.4) is 0 Å². The molecule has 0 aromatic carbocycles. The van der Waals surface area contributed by atoms with Crippen molar-refractivity contribution < 1.29 is 14.3 Å². The van der Waals surface area contributed by atoms with Crippen molar-refractivity contribution in [2.75, 3.05) is 32.8 Å². The monoisotopic (exact) mass is 228 g/mol. The number of hydrogen-bond acceptors (Lipinski definition) is 3. The molecule has 0 atom stereocenters. The Balaban J connectivity index is 2.30. The van der Waals surface area contributed by atoms with Crippen molar-refractivity contribution >= 4 is 12.0 Å². The van der Waals surface area contributed by atoms with Crippen LogP contribution >= 0.6 is 0 Å². The van der Waals surface area contributed by atoms with Gasteiger partial charge in [-0.05, 0) is 5.92 Å². The standard InChI is InChI=1S/C11H20N2O3/c1-9(2)8-16-11(15)13-6-4-12(5-7-13)10(3)14/h9H,4-8H2,1-3H3. The zero-order valence-electron chi connectivity index (χ0n) is 10.2. The highest BCUT2D eigenvalue weighted by Crippen LogP contribution is 2.05. The highest BCUT2D eigenvalue weighted by molar-refractivity contribution is 5.74. The first-order valence-corrected chi connectivity index (χ1v) is 5.68. The Morgan fingerprint density at radius 2 is 1.62 bits per heavy atom. The van der Waals surface area contributed by atoms with Gasteiger partial charge in [-0.15, -0.1) is 0 Å². The molecule has 2 amide bonds. The average Bonchev–Trinajstić information content (AvgIpc) is 2.26. The summed E-state index contributed by atoms with van der Waals surface area (Å²) in [4.78, 5) is 26.1. The van der Waals surface area contributed by atoms with Gasteiger partial charge >= 0.3 is 6.09 Å². The van der Waals surface area contributed by atoms with Crippen LogP contribution in [0, 0.1) is 5.92 Å². The van der Waals surface area contributed by atoms with Gasteiger partial charge in [0.2, 0.25) is 5.91 Å². The molecule has 0 N–H and O–H groups in total. The zero-order chi connectivity index (χ0) is 12.1. The van der Waals surface area contributed by atoms with Gasteiger partial charge in [-0.3, -0.25) is 4.79 Å². The smallest absolute Gasteiger partial charge is 0.409 e. The minimum Gasteiger partial charge on any atom is -0.449 e. The number of carbonyl (C=O) groups is 2. The summed E-state index contributed by atoms with van der Waals surface area (Å²) in [5.74, 6) is 0.414. The van der Waals surface area contributed by atoms with Crippen LogP contribution in [-0.2, 0) is 9.53 Å². The molecule has 0 unspecified atom stereocenters. The lowest BCUT2D eigenvalue weighted by atomic mass is 10.2. The maximum absolute atomic E-state index is 11.6. The van der Waals surface area contributed by atoms with Gasteiger partial charge in [-0.2, -0.15) is 0 Å². The number of ether oxygens (including phenoxy) is 1. The van der Waals surface area contributed by atoms with Gasteiger partial charge in [0.05, 0.1) is 6.61 Å². The van der Waals surface area contributed by atoms with E-state index in [9.17, 15) is 9.59 Å². The van der Waals surface area contributed by atoms with E-state index in [-0.39, 0.29) is 12.0 Å². The van der Waals surface area contributed by atoms with Gasteiger partial charge in [0.15, 0.2) is 0 Å². The third-order valence-corrected chi connectivity index (χ3v) is 2.52. The summed E-state index contributed by atoms with van der Waals surface area (Å²) in [6.07, 6.45) is -0.267. The minimum atomic E-state index is -0.267. The number of nitrogens with zero attached hydrogens (tertiary/aromatic N) is 2. The minimum absolute atomic E-state index is 0.0650. The van der Waals surface area contributed by atoms with Crippen molar-refractivity contribution in [3.63, 3.8) is 0 Å². The van der Waals surface area contributed by atoms with Crippen LogP contribution in [0.1, 0.15) is 20.8 Å². The highest BCUT2D eigenvalue weighted by Gasteiger charge is 2.23. The predicted octanol–water partition coefficient (Wildman–Crippen LogP) is 0.943. The Kier molecular flexibility index (Phi) is 4.58. The van der Waals surface area contributed by atoms with Crippen molar-refractivity contribution in [3.8, 4) is 0 Å². The molecule has 0 saturated carbocycles. The van der Waals surface area contributed by atoms with Crippen molar-refractivity contribution in [1.82, 2.24) is 9.80 Å². The van der Waals surface area contributed by atoms with Crippen LogP contribution in [-0.4, -0.2) is 54.6 Å². The van der Waals surface area contributed by atoms with Gasteiger partial charge in [0.25, 0.3) is 0 Å². The molecule has 5 heteroatoms. The fraction of sp³-hybridized carbons (Fsp3) is 0.818. The molecule has 0 spiro atoms. The second-order valence-electron chi connectivity index (χ2n) is 4.46. The fourth-order valence-corrected chi connectivity index (χ4v) is 1.53. The lowest BCUT2D eigenvalue weighted by molar-refractivity contribution is -0.130. The highest BCUT2D eigenvalue weighted by atomic mass is 16.6. The topological polar surface area (TPSA) is 49.9 Å². The van der Waals surface area contributed by atoms with Gasteiger partial charge in [-0.1, -0.05) is 13.8 Å². The number of amides is 2. The summed E-state index contributed by atoms with van der Waals surface area (Å²) < 4.78 is 5.12. The van der Waals surface area contributed by atoms with Gasteiger partial charge in [0, 0.05) is 33.1 Å². The second kappa shape index (κ2) is 5.72. The van der Waals surface area contributed by atoms with Crippen LogP contribution < -0.4 is 0 Å². The summed E-state index contributed by atoms with van der Waals surface area (Å²) >= 11 is 0. The Labute approximate surface area is 96.3 Å². The molecule has 1 heterocycles. The maximum atomic E-state index is 11.6. The largest absolute Gasteiger partial charge is 0.449 e. The SMILES string of the molecule is CC(=O)N1CCN(C(=O)OCC(C)C)CC1. The van der Waals surface area contributed by atoms with E-state index >= 15 is 0 Å². The molecular weight excluding hydrogens is 208 g/mol. The predicted molar refractivity (Wildman–Crippen MR) is 60.0 cm³/mol. The van der Waals surface area contributed by atoms with E-state index in [2.05, 4.69) is 0 Å². The summed E-state index contributed by atoms with van der Waals surface area (Å²) in [7, 11) is 0. The first-order chi connectivity index (χ1) is 7.50. The quantitative estimate of drug-likeness (QED) is 0.707. The van der Waals surface area contributed by atoms with E-state index in [1.165, 1.54) is 0 Å². The lowest BCUT2D eigenvalue weighted by Crippen LogP contribution is -2.50. The van der Waals surface area contributed by atoms with E-state index in [1.807, 2.05) is 13.8 Å². The molecule has 1 fully saturated rings. The first kappa shape index (κ1) is 12.8. The normalized spacial score (nSPS) is 16.5. The number of hydrogen-bond donors (Lipinski definition) is 0. The molecule has 0 radical (unpaired) electrons. The number of carbonyl (C=O) groups excluding carboxylic acids is 2. The zero-order valence-corrected chi connectivity index (χ0v) is 10.2. The van der Waals surface area contributed by atoms with Crippen molar-refractivity contribution in [3.05, 3.63) is 0 Å². The average molecular weight is 228 g/mol. The first-order valence-electron chi connectivity index (χ1n) is 5.68. The van der Waals surface area contributed by atoms with Crippen molar-refractivity contribution in [2.45, 2.75) is 20.8 Å². The Bertz CT molecular complexity index is 258. The Morgan fingerprint density at radius 1 is 1.12 bits per heavy atom.